The molecule has 2 nitrogen and oxygen atoms in total. The molecule has 0 spiro atoms. The molecule has 0 radical (unpaired) electrons. The average molecular weight is 264 g/mol. The number of rotatable bonds is 3. The maximum absolute atomic E-state index is 12.8. The Hall–Kier alpha value is -0.620. The van der Waals surface area contributed by atoms with Gasteiger partial charge in [0.05, 0.1) is 11.4 Å². The van der Waals surface area contributed by atoms with Crippen LogP contribution in [0, 0.1) is 5.92 Å². The van der Waals surface area contributed by atoms with Crippen molar-refractivity contribution >= 4 is 11.3 Å². The summed E-state index contributed by atoms with van der Waals surface area (Å²) in [6.45, 7) is 0.488. The van der Waals surface area contributed by atoms with E-state index in [4.69, 9.17) is 0 Å². The molecule has 6 heteroatoms. The zero-order valence-corrected chi connectivity index (χ0v) is 10.2. The Labute approximate surface area is 102 Å². The summed E-state index contributed by atoms with van der Waals surface area (Å²) >= 11 is 1.47. The van der Waals surface area contributed by atoms with Crippen LogP contribution in [0.3, 0.4) is 0 Å². The van der Waals surface area contributed by atoms with Crippen molar-refractivity contribution in [2.24, 2.45) is 5.92 Å². The Kier molecular flexibility index (Phi) is 4.04. The van der Waals surface area contributed by atoms with E-state index < -0.39 is 18.1 Å². The molecule has 0 aromatic carbocycles. The highest BCUT2D eigenvalue weighted by Crippen LogP contribution is 2.37. The number of halogens is 3. The maximum atomic E-state index is 12.8. The summed E-state index contributed by atoms with van der Waals surface area (Å²) in [6, 6.07) is -0.439. The van der Waals surface area contributed by atoms with E-state index in [9.17, 15) is 13.2 Å². The van der Waals surface area contributed by atoms with Crippen LogP contribution in [0.25, 0.3) is 0 Å². The van der Waals surface area contributed by atoms with Crippen molar-refractivity contribution in [1.82, 2.24) is 10.3 Å². The minimum absolute atomic E-state index is 0.254. The lowest BCUT2D eigenvalue weighted by molar-refractivity contribution is -0.189. The SMILES string of the molecule is FC(F)(F)C1CCCCC1NCc1cncs1. The molecule has 0 saturated heterocycles. The van der Waals surface area contributed by atoms with Gasteiger partial charge in [-0.2, -0.15) is 13.2 Å². The van der Waals surface area contributed by atoms with Gasteiger partial charge >= 0.3 is 6.18 Å². The van der Waals surface area contributed by atoms with E-state index in [2.05, 4.69) is 10.3 Å². The smallest absolute Gasteiger partial charge is 0.308 e. The summed E-state index contributed by atoms with van der Waals surface area (Å²) in [4.78, 5) is 4.89. The normalized spacial score (nSPS) is 26.1. The van der Waals surface area contributed by atoms with Gasteiger partial charge in [-0.25, -0.2) is 0 Å². The summed E-state index contributed by atoms with van der Waals surface area (Å²) in [6.07, 6.45) is 0.0531. The predicted octanol–water partition coefficient (Wildman–Crippen LogP) is 3.35. The number of aromatic nitrogens is 1. The second kappa shape index (κ2) is 5.35. The number of thiazole rings is 1. The fraction of sp³-hybridized carbons (Fsp3) is 0.727. The van der Waals surface area contributed by atoms with Crippen molar-refractivity contribution in [3.8, 4) is 0 Å². The van der Waals surface area contributed by atoms with Gasteiger partial charge in [-0.1, -0.05) is 12.8 Å². The first-order chi connectivity index (χ1) is 8.07. The third-order valence-electron chi connectivity index (χ3n) is 3.21. The minimum atomic E-state index is -4.08. The Morgan fingerprint density at radius 2 is 2.12 bits per heavy atom. The zero-order valence-electron chi connectivity index (χ0n) is 9.33. The molecule has 17 heavy (non-hydrogen) atoms. The highest BCUT2D eigenvalue weighted by molar-refractivity contribution is 7.09. The molecule has 1 aliphatic carbocycles. The van der Waals surface area contributed by atoms with Crippen molar-refractivity contribution < 1.29 is 13.2 Å². The van der Waals surface area contributed by atoms with Crippen molar-refractivity contribution in [2.75, 3.05) is 0 Å². The van der Waals surface area contributed by atoms with Gasteiger partial charge in [-0.3, -0.25) is 4.98 Å². The van der Waals surface area contributed by atoms with Gasteiger partial charge in [0.15, 0.2) is 0 Å². The van der Waals surface area contributed by atoms with Gasteiger partial charge in [0.1, 0.15) is 0 Å². The predicted molar refractivity (Wildman–Crippen MR) is 60.8 cm³/mol. The Bertz CT molecular complexity index is 337. The highest BCUT2D eigenvalue weighted by atomic mass is 32.1. The van der Waals surface area contributed by atoms with Crippen LogP contribution in [0.4, 0.5) is 13.2 Å². The Morgan fingerprint density at radius 1 is 1.35 bits per heavy atom. The standard InChI is InChI=1S/C11H15F3N2S/c12-11(13,14)9-3-1-2-4-10(9)16-6-8-5-15-7-17-8/h5,7,9-10,16H,1-4,6H2. The van der Waals surface area contributed by atoms with Gasteiger partial charge in [-0.15, -0.1) is 11.3 Å². The summed E-state index contributed by atoms with van der Waals surface area (Å²) in [5.41, 5.74) is 1.69. The molecule has 1 aromatic rings. The van der Waals surface area contributed by atoms with Crippen LogP contribution in [-0.2, 0) is 6.54 Å². The largest absolute Gasteiger partial charge is 0.393 e. The van der Waals surface area contributed by atoms with Gasteiger partial charge in [0.25, 0.3) is 0 Å². The van der Waals surface area contributed by atoms with Crippen LogP contribution in [0.1, 0.15) is 30.6 Å². The molecule has 2 rings (SSSR count). The van der Waals surface area contributed by atoms with Crippen molar-refractivity contribution in [3.05, 3.63) is 16.6 Å². The van der Waals surface area contributed by atoms with Gasteiger partial charge < -0.3 is 5.32 Å². The Balaban J connectivity index is 1.92. The second-order valence-corrected chi connectivity index (χ2v) is 5.36. The number of hydrogen-bond acceptors (Lipinski definition) is 3. The van der Waals surface area contributed by atoms with Crippen LogP contribution in [-0.4, -0.2) is 17.2 Å². The van der Waals surface area contributed by atoms with Crippen molar-refractivity contribution in [1.29, 1.82) is 0 Å². The van der Waals surface area contributed by atoms with E-state index >= 15 is 0 Å². The first-order valence-electron chi connectivity index (χ1n) is 5.75. The minimum Gasteiger partial charge on any atom is -0.308 e. The van der Waals surface area contributed by atoms with Crippen LogP contribution < -0.4 is 5.32 Å². The summed E-state index contributed by atoms with van der Waals surface area (Å²) < 4.78 is 38.4. The second-order valence-electron chi connectivity index (χ2n) is 4.39. The van der Waals surface area contributed by atoms with Crippen LogP contribution in [0.15, 0.2) is 11.7 Å². The van der Waals surface area contributed by atoms with Gasteiger partial charge in [-0.05, 0) is 12.8 Å². The molecule has 2 atom stereocenters. The van der Waals surface area contributed by atoms with E-state index in [-0.39, 0.29) is 6.42 Å². The molecule has 1 N–H and O–H groups in total. The average Bonchev–Trinajstić information content (AvgIpc) is 2.78. The number of nitrogens with zero attached hydrogens (tertiary/aromatic N) is 1. The monoisotopic (exact) mass is 264 g/mol. The lowest BCUT2D eigenvalue weighted by Crippen LogP contribution is -2.45. The van der Waals surface area contributed by atoms with Gasteiger partial charge in [0, 0.05) is 23.7 Å². The lowest BCUT2D eigenvalue weighted by atomic mass is 9.84. The molecular formula is C11H15F3N2S. The topological polar surface area (TPSA) is 24.9 Å². The summed E-state index contributed by atoms with van der Waals surface area (Å²) in [5.74, 6) is -1.19. The molecule has 96 valence electrons. The molecule has 0 amide bonds. The first-order valence-corrected chi connectivity index (χ1v) is 6.63. The van der Waals surface area contributed by atoms with E-state index in [0.29, 0.717) is 19.4 Å². The van der Waals surface area contributed by atoms with E-state index in [1.54, 1.807) is 11.7 Å². The quantitative estimate of drug-likeness (QED) is 0.905. The summed E-state index contributed by atoms with van der Waals surface area (Å²) in [7, 11) is 0. The number of hydrogen-bond donors (Lipinski definition) is 1. The molecule has 0 aliphatic heterocycles. The molecule has 2 unspecified atom stereocenters. The van der Waals surface area contributed by atoms with Crippen LogP contribution in [0.2, 0.25) is 0 Å². The van der Waals surface area contributed by atoms with Crippen LogP contribution in [0.5, 0.6) is 0 Å². The van der Waals surface area contributed by atoms with Crippen molar-refractivity contribution in [3.63, 3.8) is 0 Å². The first kappa shape index (κ1) is 12.8. The zero-order chi connectivity index (χ0) is 12.3. The van der Waals surface area contributed by atoms with Crippen LogP contribution >= 0.6 is 11.3 Å². The number of alkyl halides is 3. The molecule has 1 saturated carbocycles. The van der Waals surface area contributed by atoms with Gasteiger partial charge in [0.2, 0.25) is 0 Å². The molecule has 0 bridgehead atoms. The lowest BCUT2D eigenvalue weighted by Gasteiger charge is -2.33. The molecular weight excluding hydrogens is 249 g/mol. The molecule has 1 heterocycles. The molecule has 1 aliphatic rings. The van der Waals surface area contributed by atoms with Crippen molar-refractivity contribution in [2.45, 2.75) is 44.4 Å². The highest BCUT2D eigenvalue weighted by Gasteiger charge is 2.45. The van der Waals surface area contributed by atoms with E-state index in [1.165, 1.54) is 11.3 Å². The maximum Gasteiger partial charge on any atom is 0.393 e. The third kappa shape index (κ3) is 3.42. The molecule has 1 fully saturated rings. The fourth-order valence-electron chi connectivity index (χ4n) is 2.33. The summed E-state index contributed by atoms with van der Waals surface area (Å²) in [5, 5.41) is 3.03. The Morgan fingerprint density at radius 3 is 2.76 bits per heavy atom. The third-order valence-corrected chi connectivity index (χ3v) is 3.99. The number of nitrogens with one attached hydrogen (secondary N) is 1. The van der Waals surface area contributed by atoms with E-state index in [0.717, 1.165) is 11.3 Å². The fourth-order valence-corrected chi connectivity index (χ4v) is 2.87. The van der Waals surface area contributed by atoms with E-state index in [1.807, 2.05) is 0 Å². The molecule has 1 aromatic heterocycles.